The lowest BCUT2D eigenvalue weighted by Gasteiger charge is -2.27. The molecule has 2 aromatic heterocycles. The summed E-state index contributed by atoms with van der Waals surface area (Å²) in [6, 6.07) is 17.7. The Kier molecular flexibility index (Phi) is 7.67. The van der Waals surface area contributed by atoms with E-state index in [4.69, 9.17) is 4.74 Å². The third-order valence-electron chi connectivity index (χ3n) is 6.92. The molecule has 38 heavy (non-hydrogen) atoms. The Bertz CT molecular complexity index is 1420. The second-order valence-corrected chi connectivity index (χ2v) is 10.6. The van der Waals surface area contributed by atoms with Gasteiger partial charge in [-0.1, -0.05) is 48.9 Å². The largest absolute Gasteiger partial charge is 0.486 e. The van der Waals surface area contributed by atoms with Crippen molar-refractivity contribution in [2.45, 2.75) is 51.1 Å². The van der Waals surface area contributed by atoms with Crippen LogP contribution in [-0.4, -0.2) is 22.1 Å². The third kappa shape index (κ3) is 5.84. The molecule has 198 valence electrons. The van der Waals surface area contributed by atoms with Crippen LogP contribution < -0.4 is 10.1 Å². The van der Waals surface area contributed by atoms with Gasteiger partial charge < -0.3 is 15.2 Å². The lowest BCUT2D eigenvalue weighted by molar-refractivity contribution is -0.143. The molecule has 4 aromatic rings. The molecule has 0 saturated heterocycles. The molecule has 2 unspecified atom stereocenters. The van der Waals surface area contributed by atoms with E-state index in [9.17, 15) is 23.1 Å². The van der Waals surface area contributed by atoms with E-state index in [1.54, 1.807) is 48.7 Å². The summed E-state index contributed by atoms with van der Waals surface area (Å²) in [5.74, 6) is -0.555. The van der Waals surface area contributed by atoms with Crippen LogP contribution in [0.3, 0.4) is 0 Å². The number of pyridine rings is 1. The number of carbonyl (C=O) groups is 1. The smallest absolute Gasteiger partial charge is 0.426 e. The molecule has 2 N–H and O–H groups in total. The van der Waals surface area contributed by atoms with Gasteiger partial charge in [0, 0.05) is 34.6 Å². The van der Waals surface area contributed by atoms with Gasteiger partial charge in [-0.2, -0.15) is 13.2 Å². The van der Waals surface area contributed by atoms with Crippen molar-refractivity contribution in [2.75, 3.05) is 0 Å². The molecular weight excluding hydrogens is 513 g/mol. The fourth-order valence-electron chi connectivity index (χ4n) is 5.03. The minimum Gasteiger partial charge on any atom is -0.486 e. The number of fused-ring (bicyclic) bond motifs is 1. The molecule has 1 aliphatic carbocycles. The third-order valence-corrected chi connectivity index (χ3v) is 8.08. The van der Waals surface area contributed by atoms with Gasteiger partial charge in [-0.05, 0) is 48.6 Å². The molecule has 0 amide bonds. The molecule has 2 heterocycles. The number of alkyl halides is 3. The number of aromatic nitrogens is 1. The quantitative estimate of drug-likeness (QED) is 0.246. The number of aliphatic carboxylic acids is 1. The molecule has 1 fully saturated rings. The number of benzene rings is 2. The van der Waals surface area contributed by atoms with E-state index in [2.05, 4.69) is 10.3 Å². The summed E-state index contributed by atoms with van der Waals surface area (Å²) in [5.41, 5.74) is 2.30. The van der Waals surface area contributed by atoms with Crippen molar-refractivity contribution < 1.29 is 27.8 Å². The van der Waals surface area contributed by atoms with Crippen molar-refractivity contribution in [3.63, 3.8) is 0 Å². The van der Waals surface area contributed by atoms with Gasteiger partial charge in [0.1, 0.15) is 22.8 Å². The maximum Gasteiger partial charge on any atom is 0.426 e. The van der Waals surface area contributed by atoms with Crippen LogP contribution in [0.5, 0.6) is 5.75 Å². The Balaban J connectivity index is 1.33. The van der Waals surface area contributed by atoms with Gasteiger partial charge >= 0.3 is 12.1 Å². The molecule has 0 radical (unpaired) electrons. The van der Waals surface area contributed by atoms with Crippen molar-refractivity contribution >= 4 is 28.2 Å². The summed E-state index contributed by atoms with van der Waals surface area (Å²) in [7, 11) is 0. The van der Waals surface area contributed by atoms with Crippen LogP contribution in [0.2, 0.25) is 0 Å². The number of halogens is 3. The second kappa shape index (κ2) is 11.1. The number of carboxylic acid groups (broad SMARTS) is 1. The molecule has 1 saturated carbocycles. The van der Waals surface area contributed by atoms with Gasteiger partial charge in [-0.25, -0.2) is 0 Å². The molecular formula is C29H27F3N2O3S. The second-order valence-electron chi connectivity index (χ2n) is 9.51. The molecule has 2 aromatic carbocycles. The van der Waals surface area contributed by atoms with Crippen LogP contribution in [0, 0.1) is 5.92 Å². The average molecular weight is 541 g/mol. The summed E-state index contributed by atoms with van der Waals surface area (Å²) in [6.07, 6.45) is 0.346. The highest BCUT2D eigenvalue weighted by Gasteiger charge is 2.36. The number of nitrogens with one attached hydrogen (secondary N) is 1. The zero-order valence-electron chi connectivity index (χ0n) is 20.5. The van der Waals surface area contributed by atoms with E-state index < -0.39 is 17.0 Å². The summed E-state index contributed by atoms with van der Waals surface area (Å²) in [5, 5.41) is 13.7. The number of hydrogen-bond acceptors (Lipinski definition) is 5. The predicted molar refractivity (Wildman–Crippen MR) is 141 cm³/mol. The highest BCUT2D eigenvalue weighted by Crippen LogP contribution is 2.43. The standard InChI is InChI=1S/C29H27F3N2O3S/c30-29(31,32)27-24(18-6-2-1-3-7-18)15-22(38-27)17-37-25-12-11-20(23-10-5-13-33-26(23)25)16-34-21-9-4-8-19(14-21)28(35)36/h1-3,5-7,10-13,15,19,21,34H,4,8-9,14,16-17H2,(H,35,36). The Morgan fingerprint density at radius 1 is 1.11 bits per heavy atom. The van der Waals surface area contributed by atoms with Crippen LogP contribution in [0.25, 0.3) is 22.0 Å². The van der Waals surface area contributed by atoms with E-state index in [0.717, 1.165) is 23.8 Å². The molecule has 5 rings (SSSR count). The molecule has 1 aliphatic rings. The molecule has 2 atom stereocenters. The first-order chi connectivity index (χ1) is 18.3. The first-order valence-electron chi connectivity index (χ1n) is 12.5. The normalized spacial score (nSPS) is 18.0. The lowest BCUT2D eigenvalue weighted by Crippen LogP contribution is -2.36. The monoisotopic (exact) mass is 540 g/mol. The number of ether oxygens (including phenoxy) is 1. The molecule has 9 heteroatoms. The fraction of sp³-hybridized carbons (Fsp3) is 0.310. The molecule has 0 bridgehead atoms. The average Bonchev–Trinajstić information content (AvgIpc) is 3.37. The molecule has 0 spiro atoms. The first-order valence-corrected chi connectivity index (χ1v) is 13.3. The zero-order chi connectivity index (χ0) is 26.7. The van der Waals surface area contributed by atoms with Crippen molar-refractivity contribution in [1.29, 1.82) is 0 Å². The maximum atomic E-state index is 13.8. The Hall–Kier alpha value is -3.43. The highest BCUT2D eigenvalue weighted by molar-refractivity contribution is 7.12. The van der Waals surface area contributed by atoms with E-state index in [1.165, 1.54) is 0 Å². The van der Waals surface area contributed by atoms with E-state index in [1.807, 2.05) is 18.2 Å². The number of thiophene rings is 1. The van der Waals surface area contributed by atoms with Crippen molar-refractivity contribution in [3.05, 3.63) is 82.2 Å². The summed E-state index contributed by atoms with van der Waals surface area (Å²) in [4.78, 5) is 15.7. The topological polar surface area (TPSA) is 71.5 Å². The first kappa shape index (κ1) is 26.2. The number of nitrogens with zero attached hydrogens (tertiary/aromatic N) is 1. The zero-order valence-corrected chi connectivity index (χ0v) is 21.3. The Morgan fingerprint density at radius 3 is 2.68 bits per heavy atom. The number of hydrogen-bond donors (Lipinski definition) is 2. The summed E-state index contributed by atoms with van der Waals surface area (Å²) < 4.78 is 47.3. The van der Waals surface area contributed by atoms with Gasteiger partial charge in [-0.3, -0.25) is 9.78 Å². The maximum absolute atomic E-state index is 13.8. The molecule has 0 aliphatic heterocycles. The minimum atomic E-state index is -4.46. The van der Waals surface area contributed by atoms with Gasteiger partial charge in [0.15, 0.2) is 0 Å². The molecule has 5 nitrogen and oxygen atoms in total. The van der Waals surface area contributed by atoms with Gasteiger partial charge in [0.25, 0.3) is 0 Å². The van der Waals surface area contributed by atoms with Crippen LogP contribution in [-0.2, 0) is 24.1 Å². The van der Waals surface area contributed by atoms with E-state index in [-0.39, 0.29) is 24.1 Å². The van der Waals surface area contributed by atoms with Crippen LogP contribution >= 0.6 is 11.3 Å². The van der Waals surface area contributed by atoms with Crippen LogP contribution in [0.15, 0.2) is 66.9 Å². The van der Waals surface area contributed by atoms with Gasteiger partial charge in [-0.15, -0.1) is 11.3 Å². The summed E-state index contributed by atoms with van der Waals surface area (Å²) in [6.45, 7) is 0.544. The number of carboxylic acids is 1. The van der Waals surface area contributed by atoms with Crippen LogP contribution in [0.1, 0.15) is 41.0 Å². The number of rotatable bonds is 8. The minimum absolute atomic E-state index is 0.0114. The van der Waals surface area contributed by atoms with Gasteiger partial charge in [0.2, 0.25) is 0 Å². The van der Waals surface area contributed by atoms with Crippen molar-refractivity contribution in [2.24, 2.45) is 5.92 Å². The fourth-order valence-corrected chi connectivity index (χ4v) is 5.99. The summed E-state index contributed by atoms with van der Waals surface area (Å²) >= 11 is 0.693. The van der Waals surface area contributed by atoms with E-state index >= 15 is 0 Å². The van der Waals surface area contributed by atoms with Crippen molar-refractivity contribution in [3.8, 4) is 16.9 Å². The lowest BCUT2D eigenvalue weighted by atomic mass is 9.85. The SMILES string of the molecule is O=C(O)C1CCCC(NCc2ccc(OCc3cc(-c4ccccc4)c(C(F)(F)F)s3)c3ncccc23)C1. The van der Waals surface area contributed by atoms with Crippen LogP contribution in [0.4, 0.5) is 13.2 Å². The Morgan fingerprint density at radius 2 is 1.92 bits per heavy atom. The van der Waals surface area contributed by atoms with Gasteiger partial charge in [0.05, 0.1) is 5.92 Å². The highest BCUT2D eigenvalue weighted by atomic mass is 32.1. The van der Waals surface area contributed by atoms with Crippen molar-refractivity contribution in [1.82, 2.24) is 10.3 Å². The predicted octanol–water partition coefficient (Wildman–Crippen LogP) is 7.29. The Labute approximate surface area is 222 Å². The van der Waals surface area contributed by atoms with E-state index in [0.29, 0.717) is 52.4 Å².